The van der Waals surface area contributed by atoms with Crippen molar-refractivity contribution in [1.29, 1.82) is 0 Å². The molecule has 96 valence electrons. The van der Waals surface area contributed by atoms with Gasteiger partial charge < -0.3 is 15.5 Å². The number of nitrogens with one attached hydrogen (secondary N) is 2. The number of nitrogens with zero attached hydrogens (tertiary/aromatic N) is 1. The number of rotatable bonds is 5. The molecule has 0 saturated carbocycles. The molecule has 0 aliphatic carbocycles. The van der Waals surface area contributed by atoms with E-state index in [1.807, 2.05) is 0 Å². The lowest BCUT2D eigenvalue weighted by Crippen LogP contribution is -2.47. The molecule has 0 aromatic rings. The van der Waals surface area contributed by atoms with Crippen LogP contribution in [0, 0.1) is 5.92 Å². The summed E-state index contributed by atoms with van der Waals surface area (Å²) in [4.78, 5) is 2.28. The van der Waals surface area contributed by atoms with Crippen LogP contribution in [0.3, 0.4) is 0 Å². The summed E-state index contributed by atoms with van der Waals surface area (Å²) in [5.41, 5.74) is 0. The lowest BCUT2D eigenvalue weighted by atomic mass is 10.0. The van der Waals surface area contributed by atoms with E-state index in [9.17, 15) is 0 Å². The van der Waals surface area contributed by atoms with Crippen molar-refractivity contribution >= 4 is 0 Å². The van der Waals surface area contributed by atoms with Gasteiger partial charge in [0.1, 0.15) is 0 Å². The van der Waals surface area contributed by atoms with E-state index in [1.54, 1.807) is 0 Å². The maximum atomic E-state index is 3.85. The molecule has 16 heavy (non-hydrogen) atoms. The Bertz CT molecular complexity index is 172. The Morgan fingerprint density at radius 1 is 1.25 bits per heavy atom. The Labute approximate surface area is 101 Å². The SMILES string of the molecule is CC(C)C(CN(C)C)NC1CCCNCC1. The van der Waals surface area contributed by atoms with Crippen molar-refractivity contribution in [3.8, 4) is 0 Å². The van der Waals surface area contributed by atoms with E-state index in [1.165, 1.54) is 32.4 Å². The molecular formula is C13H29N3. The van der Waals surface area contributed by atoms with E-state index in [-0.39, 0.29) is 0 Å². The first-order valence-corrected chi connectivity index (χ1v) is 6.71. The first-order valence-electron chi connectivity index (χ1n) is 6.71. The van der Waals surface area contributed by atoms with E-state index in [0.717, 1.165) is 6.54 Å². The Hall–Kier alpha value is -0.120. The second kappa shape index (κ2) is 7.25. The zero-order chi connectivity index (χ0) is 12.0. The third-order valence-electron chi connectivity index (χ3n) is 3.39. The molecule has 0 spiro atoms. The van der Waals surface area contributed by atoms with Gasteiger partial charge in [-0.15, -0.1) is 0 Å². The second-order valence-electron chi connectivity index (χ2n) is 5.66. The topological polar surface area (TPSA) is 27.3 Å². The van der Waals surface area contributed by atoms with Crippen molar-refractivity contribution in [3.63, 3.8) is 0 Å². The maximum Gasteiger partial charge on any atom is 0.0220 e. The van der Waals surface area contributed by atoms with Crippen molar-refractivity contribution in [2.75, 3.05) is 33.7 Å². The fourth-order valence-electron chi connectivity index (χ4n) is 2.34. The summed E-state index contributed by atoms with van der Waals surface area (Å²) in [7, 11) is 4.32. The highest BCUT2D eigenvalue weighted by molar-refractivity contribution is 4.80. The summed E-state index contributed by atoms with van der Waals surface area (Å²) in [6, 6.07) is 1.33. The highest BCUT2D eigenvalue weighted by atomic mass is 15.1. The van der Waals surface area contributed by atoms with Crippen LogP contribution in [0.25, 0.3) is 0 Å². The lowest BCUT2D eigenvalue weighted by molar-refractivity contribution is 0.261. The van der Waals surface area contributed by atoms with Gasteiger partial charge in [-0.2, -0.15) is 0 Å². The zero-order valence-electron chi connectivity index (χ0n) is 11.4. The smallest absolute Gasteiger partial charge is 0.0220 e. The number of likely N-dealkylation sites (N-methyl/N-ethyl adjacent to an activating group) is 1. The van der Waals surface area contributed by atoms with Crippen LogP contribution in [0.5, 0.6) is 0 Å². The van der Waals surface area contributed by atoms with Gasteiger partial charge in [0.2, 0.25) is 0 Å². The molecule has 1 rings (SSSR count). The van der Waals surface area contributed by atoms with Crippen LogP contribution < -0.4 is 10.6 Å². The van der Waals surface area contributed by atoms with Crippen LogP contribution in [0.4, 0.5) is 0 Å². The molecule has 0 amide bonds. The predicted octanol–water partition coefficient (Wildman–Crippen LogP) is 1.30. The summed E-state index contributed by atoms with van der Waals surface area (Å²) in [5, 5.41) is 7.32. The minimum absolute atomic E-state index is 0.623. The van der Waals surface area contributed by atoms with Crippen LogP contribution in [0.2, 0.25) is 0 Å². The second-order valence-corrected chi connectivity index (χ2v) is 5.66. The molecule has 1 saturated heterocycles. The zero-order valence-corrected chi connectivity index (χ0v) is 11.4. The van der Waals surface area contributed by atoms with Crippen LogP contribution in [-0.2, 0) is 0 Å². The third kappa shape index (κ3) is 5.28. The highest BCUT2D eigenvalue weighted by Gasteiger charge is 2.19. The molecular weight excluding hydrogens is 198 g/mol. The number of hydrogen-bond donors (Lipinski definition) is 2. The van der Waals surface area contributed by atoms with Gasteiger partial charge in [0.05, 0.1) is 0 Å². The maximum absolute atomic E-state index is 3.85. The van der Waals surface area contributed by atoms with Gasteiger partial charge in [0, 0.05) is 18.6 Å². The van der Waals surface area contributed by atoms with Crippen LogP contribution >= 0.6 is 0 Å². The molecule has 0 radical (unpaired) electrons. The average molecular weight is 227 g/mol. The Kier molecular flexibility index (Phi) is 6.32. The molecule has 1 aliphatic heterocycles. The third-order valence-corrected chi connectivity index (χ3v) is 3.39. The van der Waals surface area contributed by atoms with Crippen molar-refractivity contribution in [3.05, 3.63) is 0 Å². The van der Waals surface area contributed by atoms with Gasteiger partial charge in [0.15, 0.2) is 0 Å². The summed E-state index contributed by atoms with van der Waals surface area (Å²) < 4.78 is 0. The standard InChI is InChI=1S/C13H29N3/c1-11(2)13(10-16(3)4)15-12-6-5-8-14-9-7-12/h11-15H,5-10H2,1-4H3. The van der Waals surface area contributed by atoms with E-state index in [2.05, 4.69) is 43.5 Å². The minimum atomic E-state index is 0.623. The highest BCUT2D eigenvalue weighted by Crippen LogP contribution is 2.10. The van der Waals surface area contributed by atoms with Crippen molar-refractivity contribution in [1.82, 2.24) is 15.5 Å². The fraction of sp³-hybridized carbons (Fsp3) is 1.00. The monoisotopic (exact) mass is 227 g/mol. The molecule has 0 bridgehead atoms. The van der Waals surface area contributed by atoms with Crippen LogP contribution in [0.1, 0.15) is 33.1 Å². The molecule has 3 nitrogen and oxygen atoms in total. The Balaban J connectivity index is 2.39. The lowest BCUT2D eigenvalue weighted by Gasteiger charge is -2.30. The predicted molar refractivity (Wildman–Crippen MR) is 70.8 cm³/mol. The first kappa shape index (κ1) is 13.9. The summed E-state index contributed by atoms with van der Waals surface area (Å²) >= 11 is 0. The summed E-state index contributed by atoms with van der Waals surface area (Å²) in [6.07, 6.45) is 3.91. The van der Waals surface area contributed by atoms with Gasteiger partial charge in [-0.05, 0) is 52.4 Å². The van der Waals surface area contributed by atoms with E-state index < -0.39 is 0 Å². The molecule has 1 aliphatic rings. The van der Waals surface area contributed by atoms with E-state index >= 15 is 0 Å². The van der Waals surface area contributed by atoms with Gasteiger partial charge in [0.25, 0.3) is 0 Å². The van der Waals surface area contributed by atoms with E-state index in [4.69, 9.17) is 0 Å². The van der Waals surface area contributed by atoms with E-state index in [0.29, 0.717) is 18.0 Å². The summed E-state index contributed by atoms with van der Waals surface area (Å²) in [6.45, 7) is 8.14. The van der Waals surface area contributed by atoms with Crippen LogP contribution in [-0.4, -0.2) is 50.7 Å². The molecule has 2 atom stereocenters. The summed E-state index contributed by atoms with van der Waals surface area (Å²) in [5.74, 6) is 0.707. The normalized spacial score (nSPS) is 24.8. The van der Waals surface area contributed by atoms with Gasteiger partial charge in [-0.1, -0.05) is 13.8 Å². The van der Waals surface area contributed by atoms with Gasteiger partial charge in [-0.3, -0.25) is 0 Å². The largest absolute Gasteiger partial charge is 0.317 e. The Morgan fingerprint density at radius 2 is 2.00 bits per heavy atom. The minimum Gasteiger partial charge on any atom is -0.317 e. The van der Waals surface area contributed by atoms with Crippen LogP contribution in [0.15, 0.2) is 0 Å². The first-order chi connectivity index (χ1) is 7.59. The molecule has 2 N–H and O–H groups in total. The molecule has 2 unspecified atom stereocenters. The van der Waals surface area contributed by atoms with Crippen molar-refractivity contribution in [2.24, 2.45) is 5.92 Å². The van der Waals surface area contributed by atoms with Crippen molar-refractivity contribution < 1.29 is 0 Å². The van der Waals surface area contributed by atoms with Crippen molar-refractivity contribution in [2.45, 2.75) is 45.2 Å². The average Bonchev–Trinajstić information content (AvgIpc) is 2.44. The molecule has 0 aromatic carbocycles. The molecule has 1 heterocycles. The quantitative estimate of drug-likeness (QED) is 0.741. The molecule has 0 aromatic heterocycles. The Morgan fingerprint density at radius 3 is 2.62 bits per heavy atom. The molecule has 3 heteroatoms. The van der Waals surface area contributed by atoms with Gasteiger partial charge in [-0.25, -0.2) is 0 Å². The fourth-order valence-corrected chi connectivity index (χ4v) is 2.34. The molecule has 1 fully saturated rings. The number of hydrogen-bond acceptors (Lipinski definition) is 3. The van der Waals surface area contributed by atoms with Gasteiger partial charge >= 0.3 is 0 Å².